The molecule has 0 unspecified atom stereocenters. The number of H-pyrrole nitrogens is 1. The van der Waals surface area contributed by atoms with Crippen molar-refractivity contribution in [2.75, 3.05) is 4.72 Å². The van der Waals surface area contributed by atoms with Crippen LogP contribution in [-0.4, -0.2) is 13.4 Å². The molecule has 0 spiro atoms. The molecule has 0 fully saturated rings. The number of pyridine rings is 1. The molecule has 1 aromatic heterocycles. The fourth-order valence-electron chi connectivity index (χ4n) is 2.83. The Kier molecular flexibility index (Phi) is 3.93. The van der Waals surface area contributed by atoms with Crippen LogP contribution in [0.15, 0.2) is 52.2 Å². The van der Waals surface area contributed by atoms with E-state index in [1.54, 1.807) is 18.2 Å². The lowest BCUT2D eigenvalue weighted by atomic mass is 10.1. The van der Waals surface area contributed by atoms with Crippen molar-refractivity contribution in [3.8, 4) is 0 Å². The molecule has 3 rings (SSSR count). The number of sulfonamides is 1. The maximum Gasteiger partial charge on any atom is 0.261 e. The molecule has 0 aliphatic heterocycles. The van der Waals surface area contributed by atoms with Crippen LogP contribution < -0.4 is 10.3 Å². The van der Waals surface area contributed by atoms with Crippen molar-refractivity contribution in [2.45, 2.75) is 25.7 Å². The first-order chi connectivity index (χ1) is 11.3. The van der Waals surface area contributed by atoms with Crippen molar-refractivity contribution in [1.29, 1.82) is 0 Å². The average Bonchev–Trinajstić information content (AvgIpc) is 2.50. The Bertz CT molecular complexity index is 1080. The van der Waals surface area contributed by atoms with Crippen LogP contribution in [0.3, 0.4) is 0 Å². The SMILES string of the molecule is Cc1cc(C)c(NS(=O)(=O)c2ccc3[nH]c(=O)ccc3c2)c(C)c1. The Morgan fingerprint density at radius 3 is 2.25 bits per heavy atom. The standard InChI is InChI=1S/C18H18N2O3S/c1-11-8-12(2)18(13(3)9-11)20-24(22,23)15-5-6-16-14(10-15)4-7-17(21)19-16/h4-10,20H,1-3H3,(H,19,21). The molecule has 3 aromatic rings. The van der Waals surface area contributed by atoms with Crippen molar-refractivity contribution in [1.82, 2.24) is 4.98 Å². The largest absolute Gasteiger partial charge is 0.322 e. The third kappa shape index (κ3) is 3.05. The van der Waals surface area contributed by atoms with E-state index in [4.69, 9.17) is 0 Å². The summed E-state index contributed by atoms with van der Waals surface area (Å²) in [5.41, 5.74) is 3.82. The monoisotopic (exact) mass is 342 g/mol. The summed E-state index contributed by atoms with van der Waals surface area (Å²) in [5, 5.41) is 0.662. The smallest absolute Gasteiger partial charge is 0.261 e. The van der Waals surface area contributed by atoms with Crippen LogP contribution in [0.2, 0.25) is 0 Å². The summed E-state index contributed by atoms with van der Waals surface area (Å²) in [6.45, 7) is 5.73. The van der Waals surface area contributed by atoms with Gasteiger partial charge in [-0.15, -0.1) is 0 Å². The topological polar surface area (TPSA) is 79.0 Å². The summed E-state index contributed by atoms with van der Waals surface area (Å²) in [6, 6.07) is 11.5. The van der Waals surface area contributed by atoms with Gasteiger partial charge >= 0.3 is 0 Å². The average molecular weight is 342 g/mol. The van der Waals surface area contributed by atoms with E-state index < -0.39 is 10.0 Å². The minimum Gasteiger partial charge on any atom is -0.322 e. The number of rotatable bonds is 3. The fraction of sp³-hybridized carbons (Fsp3) is 0.167. The van der Waals surface area contributed by atoms with Gasteiger partial charge in [0.05, 0.1) is 10.6 Å². The third-order valence-corrected chi connectivity index (χ3v) is 5.27. The van der Waals surface area contributed by atoms with E-state index in [1.807, 2.05) is 32.9 Å². The second-order valence-electron chi connectivity index (χ2n) is 5.95. The first-order valence-corrected chi connectivity index (χ1v) is 8.98. The maximum atomic E-state index is 12.7. The van der Waals surface area contributed by atoms with Crippen LogP contribution in [-0.2, 0) is 10.0 Å². The predicted octanol–water partition coefficient (Wildman–Crippen LogP) is 3.25. The molecule has 1 heterocycles. The zero-order valence-electron chi connectivity index (χ0n) is 13.7. The molecule has 0 aliphatic carbocycles. The maximum absolute atomic E-state index is 12.7. The van der Waals surface area contributed by atoms with Gasteiger partial charge in [0.2, 0.25) is 5.56 Å². The number of aromatic amines is 1. The van der Waals surface area contributed by atoms with Gasteiger partial charge in [0.15, 0.2) is 0 Å². The summed E-state index contributed by atoms with van der Waals surface area (Å²) >= 11 is 0. The summed E-state index contributed by atoms with van der Waals surface area (Å²) in [5.74, 6) is 0. The van der Waals surface area contributed by atoms with Crippen molar-refractivity contribution in [2.24, 2.45) is 0 Å². The number of aryl methyl sites for hydroxylation is 3. The van der Waals surface area contributed by atoms with Gasteiger partial charge in [-0.25, -0.2) is 8.42 Å². The number of hydrogen-bond donors (Lipinski definition) is 2. The molecule has 5 nitrogen and oxygen atoms in total. The highest BCUT2D eigenvalue weighted by molar-refractivity contribution is 7.92. The minimum absolute atomic E-state index is 0.154. The van der Waals surface area contributed by atoms with Gasteiger partial charge in [-0.3, -0.25) is 9.52 Å². The second-order valence-corrected chi connectivity index (χ2v) is 7.63. The number of nitrogens with one attached hydrogen (secondary N) is 2. The Morgan fingerprint density at radius 1 is 0.917 bits per heavy atom. The van der Waals surface area contributed by atoms with Gasteiger partial charge in [0.25, 0.3) is 10.0 Å². The molecule has 0 atom stereocenters. The van der Waals surface area contributed by atoms with E-state index in [9.17, 15) is 13.2 Å². The summed E-state index contributed by atoms with van der Waals surface area (Å²) in [7, 11) is -3.71. The van der Waals surface area contributed by atoms with E-state index in [0.717, 1.165) is 16.7 Å². The molecule has 0 saturated carbocycles. The van der Waals surface area contributed by atoms with Crippen LogP contribution in [0.25, 0.3) is 10.9 Å². The zero-order valence-corrected chi connectivity index (χ0v) is 14.5. The van der Waals surface area contributed by atoms with Crippen LogP contribution in [0.4, 0.5) is 5.69 Å². The summed E-state index contributed by atoms with van der Waals surface area (Å²) < 4.78 is 28.1. The molecule has 0 saturated heterocycles. The van der Waals surface area contributed by atoms with Crippen LogP contribution in [0, 0.1) is 20.8 Å². The van der Waals surface area contributed by atoms with Gasteiger partial charge < -0.3 is 4.98 Å². The normalized spacial score (nSPS) is 11.6. The first kappa shape index (κ1) is 16.3. The van der Waals surface area contributed by atoms with Crippen LogP contribution >= 0.6 is 0 Å². The molecule has 0 amide bonds. The number of benzene rings is 2. The van der Waals surface area contributed by atoms with E-state index in [2.05, 4.69) is 9.71 Å². The van der Waals surface area contributed by atoms with Gasteiger partial charge in [0, 0.05) is 11.6 Å². The Hall–Kier alpha value is -2.60. The Morgan fingerprint density at radius 2 is 1.58 bits per heavy atom. The third-order valence-electron chi connectivity index (χ3n) is 3.92. The van der Waals surface area contributed by atoms with Crippen LogP contribution in [0.5, 0.6) is 0 Å². The molecule has 2 aromatic carbocycles. The van der Waals surface area contributed by atoms with E-state index in [1.165, 1.54) is 12.1 Å². The van der Waals surface area contributed by atoms with Crippen molar-refractivity contribution in [3.63, 3.8) is 0 Å². The van der Waals surface area contributed by atoms with Crippen molar-refractivity contribution >= 4 is 26.6 Å². The number of hydrogen-bond acceptors (Lipinski definition) is 3. The lowest BCUT2D eigenvalue weighted by Crippen LogP contribution is -2.15. The molecular weight excluding hydrogens is 324 g/mol. The van der Waals surface area contributed by atoms with E-state index in [0.29, 0.717) is 16.6 Å². The number of aromatic nitrogens is 1. The lowest BCUT2D eigenvalue weighted by molar-refractivity contribution is 0.601. The Balaban J connectivity index is 2.05. The highest BCUT2D eigenvalue weighted by Crippen LogP contribution is 2.26. The van der Waals surface area contributed by atoms with Crippen LogP contribution in [0.1, 0.15) is 16.7 Å². The first-order valence-electron chi connectivity index (χ1n) is 7.50. The molecule has 0 aliphatic rings. The second kappa shape index (κ2) is 5.79. The summed E-state index contributed by atoms with van der Waals surface area (Å²) in [6.07, 6.45) is 0. The Labute approximate surface area is 140 Å². The number of anilines is 1. The summed E-state index contributed by atoms with van der Waals surface area (Å²) in [4.78, 5) is 14.1. The highest BCUT2D eigenvalue weighted by atomic mass is 32.2. The lowest BCUT2D eigenvalue weighted by Gasteiger charge is -2.14. The predicted molar refractivity (Wildman–Crippen MR) is 96.0 cm³/mol. The molecule has 2 N–H and O–H groups in total. The van der Waals surface area contributed by atoms with E-state index in [-0.39, 0.29) is 10.5 Å². The van der Waals surface area contributed by atoms with E-state index >= 15 is 0 Å². The molecule has 0 bridgehead atoms. The molecule has 24 heavy (non-hydrogen) atoms. The van der Waals surface area contributed by atoms with Gasteiger partial charge in [-0.05, 0) is 61.5 Å². The van der Waals surface area contributed by atoms with Gasteiger partial charge in [0.1, 0.15) is 0 Å². The molecule has 0 radical (unpaired) electrons. The molecular formula is C18H18N2O3S. The van der Waals surface area contributed by atoms with Gasteiger partial charge in [-0.2, -0.15) is 0 Å². The highest BCUT2D eigenvalue weighted by Gasteiger charge is 2.17. The molecule has 124 valence electrons. The fourth-order valence-corrected chi connectivity index (χ4v) is 4.07. The minimum atomic E-state index is -3.71. The zero-order chi connectivity index (χ0) is 17.5. The number of fused-ring (bicyclic) bond motifs is 1. The van der Waals surface area contributed by atoms with Crippen molar-refractivity contribution in [3.05, 3.63) is 69.5 Å². The van der Waals surface area contributed by atoms with Crippen molar-refractivity contribution < 1.29 is 8.42 Å². The quantitative estimate of drug-likeness (QED) is 0.767. The molecule has 6 heteroatoms. The van der Waals surface area contributed by atoms with Gasteiger partial charge in [-0.1, -0.05) is 17.7 Å².